The molecule has 5 aliphatic carbocycles. The minimum Gasteiger partial charge on any atom is -0.493 e. The molecule has 0 unspecified atom stereocenters. The number of anilines is 2. The van der Waals surface area contributed by atoms with E-state index in [4.69, 9.17) is 4.74 Å². The molecule has 4 heterocycles. The molecule has 4 saturated carbocycles. The summed E-state index contributed by atoms with van der Waals surface area (Å²) in [6.07, 6.45) is 10.5. The number of aliphatic hydroxyl groups is 1. The lowest BCUT2D eigenvalue weighted by atomic mass is 9.31. The van der Waals surface area contributed by atoms with Gasteiger partial charge in [0.1, 0.15) is 28.1 Å². The van der Waals surface area contributed by atoms with E-state index in [1.165, 1.54) is 78.7 Å². The number of hydrogen-bond donors (Lipinski definition) is 5. The number of carbonyl (C=O) groups excluding carboxylic acids is 4. The van der Waals surface area contributed by atoms with E-state index in [9.17, 15) is 59.6 Å². The number of nitrogens with zero attached hydrogens (tertiary/aromatic N) is 7. The van der Waals surface area contributed by atoms with Crippen molar-refractivity contribution < 1.29 is 59.0 Å². The van der Waals surface area contributed by atoms with Gasteiger partial charge < -0.3 is 45.4 Å². The Hall–Kier alpha value is -7.10. The maximum absolute atomic E-state index is 14.7. The van der Waals surface area contributed by atoms with Crippen LogP contribution in [0.1, 0.15) is 147 Å². The van der Waals surface area contributed by atoms with Crippen molar-refractivity contribution in [1.82, 2.24) is 39.9 Å². The maximum Gasteiger partial charge on any atom is 0.501 e. The van der Waals surface area contributed by atoms with Crippen molar-refractivity contribution in [1.29, 1.82) is 5.26 Å². The molecular formula is C79H102F3N11O10S4. The highest BCUT2D eigenvalue weighted by atomic mass is 32.2. The first-order valence-corrected chi connectivity index (χ1v) is 42.4. The third kappa shape index (κ3) is 18.2. The summed E-state index contributed by atoms with van der Waals surface area (Å²) in [4.78, 5) is 70.0. The summed E-state index contributed by atoms with van der Waals surface area (Å²) in [7, 11) is -11.1. The Morgan fingerprint density at radius 2 is 1.53 bits per heavy atom. The second-order valence-corrected chi connectivity index (χ2v) is 38.1. The van der Waals surface area contributed by atoms with E-state index in [1.54, 1.807) is 49.6 Å². The van der Waals surface area contributed by atoms with Crippen LogP contribution in [-0.2, 0) is 40.8 Å². The number of thioether (sulfide) groups is 1. The van der Waals surface area contributed by atoms with Crippen LogP contribution in [0.5, 0.6) is 5.75 Å². The Kier molecular flexibility index (Phi) is 23.8. The van der Waals surface area contributed by atoms with Gasteiger partial charge in [-0.2, -0.15) is 18.4 Å². The molecule has 1 aromatic heterocycles. The van der Waals surface area contributed by atoms with E-state index in [0.717, 1.165) is 104 Å². The van der Waals surface area contributed by atoms with Crippen LogP contribution in [0.4, 0.5) is 24.5 Å². The van der Waals surface area contributed by atoms with Gasteiger partial charge >= 0.3 is 5.51 Å². The van der Waals surface area contributed by atoms with Crippen LogP contribution in [0.15, 0.2) is 122 Å². The molecule has 8 aliphatic rings. The number of aromatic nitrogens is 1. The molecule has 21 nitrogen and oxygen atoms in total. The predicted molar refractivity (Wildman–Crippen MR) is 409 cm³/mol. The number of benzene rings is 4. The van der Waals surface area contributed by atoms with Gasteiger partial charge in [-0.15, -0.1) is 23.1 Å². The van der Waals surface area contributed by atoms with Crippen LogP contribution in [0.3, 0.4) is 0 Å². The molecule has 7 fully saturated rings. The predicted octanol–water partition coefficient (Wildman–Crippen LogP) is 11.6. The number of sulfone groups is 1. The molecule has 5 aromatic rings. The van der Waals surface area contributed by atoms with E-state index in [2.05, 4.69) is 67.4 Å². The Morgan fingerprint density at radius 3 is 2.17 bits per heavy atom. The van der Waals surface area contributed by atoms with Crippen molar-refractivity contribution in [2.45, 2.75) is 183 Å². The van der Waals surface area contributed by atoms with Crippen LogP contribution in [0.2, 0.25) is 0 Å². The van der Waals surface area contributed by atoms with Gasteiger partial charge in [0.25, 0.3) is 25.8 Å². The molecule has 4 aromatic carbocycles. The fraction of sp³-hybridized carbons (Fsp3) is 0.570. The number of aliphatic hydroxyl groups excluding tert-OH is 1. The number of β-amino-alcohol motifs (C(OH)–C–C–N with tert-alkyl or cyclic N) is 1. The Labute approximate surface area is 636 Å². The number of ether oxygens (including phenoxy) is 1. The molecule has 578 valence electrons. The summed E-state index contributed by atoms with van der Waals surface area (Å²) in [5.74, 6) is -1.67. The first-order valence-electron chi connectivity index (χ1n) is 37.6. The number of hydrogen-bond acceptors (Lipinski definition) is 19. The average molecular weight is 1550 g/mol. The van der Waals surface area contributed by atoms with Crippen molar-refractivity contribution in [2.75, 3.05) is 101 Å². The zero-order chi connectivity index (χ0) is 76.5. The summed E-state index contributed by atoms with van der Waals surface area (Å²) < 4.78 is 107. The fourth-order valence-electron chi connectivity index (χ4n) is 16.5. The topological polar surface area (TPSA) is 267 Å². The smallest absolute Gasteiger partial charge is 0.493 e. The molecule has 2 bridgehead atoms. The number of rotatable bonds is 30. The van der Waals surface area contributed by atoms with Crippen LogP contribution in [0.25, 0.3) is 10.4 Å². The van der Waals surface area contributed by atoms with Crippen molar-refractivity contribution in [3.8, 4) is 22.3 Å². The average Bonchev–Trinajstić information content (AvgIpc) is 1.22. The van der Waals surface area contributed by atoms with Gasteiger partial charge in [-0.05, 0) is 172 Å². The number of aryl methyl sites for hydroxylation is 1. The molecule has 5 N–H and O–H groups in total. The van der Waals surface area contributed by atoms with E-state index in [1.807, 2.05) is 60.2 Å². The monoisotopic (exact) mass is 1550 g/mol. The number of sulfonamides is 1. The van der Waals surface area contributed by atoms with E-state index in [0.29, 0.717) is 91.3 Å². The van der Waals surface area contributed by atoms with Gasteiger partial charge in [0.2, 0.25) is 17.7 Å². The summed E-state index contributed by atoms with van der Waals surface area (Å²) >= 11 is 2.93. The second-order valence-electron chi connectivity index (χ2n) is 32.6. The molecule has 3 saturated heterocycles. The normalized spacial score (nSPS) is 23.1. The number of likely N-dealkylation sites (tertiary alicyclic amines) is 1. The van der Waals surface area contributed by atoms with Gasteiger partial charge in [-0.1, -0.05) is 89.4 Å². The molecule has 28 heteroatoms. The largest absolute Gasteiger partial charge is 0.501 e. The summed E-state index contributed by atoms with van der Waals surface area (Å²) in [6.45, 7) is 23.1. The number of carbonyl (C=O) groups is 4. The van der Waals surface area contributed by atoms with E-state index >= 15 is 0 Å². The summed E-state index contributed by atoms with van der Waals surface area (Å²) in [5, 5.41) is 29.4. The van der Waals surface area contributed by atoms with Gasteiger partial charge in [-0.25, -0.2) is 26.5 Å². The Morgan fingerprint density at radius 1 is 0.850 bits per heavy atom. The first kappa shape index (κ1) is 79.5. The van der Waals surface area contributed by atoms with Gasteiger partial charge in [0.05, 0.1) is 45.4 Å². The number of nitriles is 1. The molecule has 0 radical (unpaired) electrons. The second kappa shape index (κ2) is 32.1. The van der Waals surface area contributed by atoms with Gasteiger partial charge in [0, 0.05) is 118 Å². The SMILES string of the molecule is CCC12CC(C3=C(CN4CCN(c5ccc(C(=O)NS(=O)(=O)c6ccc(N[C@H](CCN7CCN(CCCCOc8cc(-c9scnc9C)ccc8CNC(=O)[C@@H]8C[C@@H](O)CN8C(=O)[C@@H](NC(=O)C8(C#N)CC8)C(C)(C)C)CC7)CSc7ccccc7)c(S(=O)(=O)C(F)(F)F)c6)cc5)CC4)CCC(C)(C)C3)(C1)C2. The molecule has 107 heavy (non-hydrogen) atoms. The lowest BCUT2D eigenvalue weighted by Crippen LogP contribution is -2.63. The zero-order valence-corrected chi connectivity index (χ0v) is 65.6. The van der Waals surface area contributed by atoms with Crippen molar-refractivity contribution in [3.05, 3.63) is 124 Å². The van der Waals surface area contributed by atoms with Gasteiger partial charge in [0.15, 0.2) is 0 Å². The molecule has 4 atom stereocenters. The van der Waals surface area contributed by atoms with Gasteiger partial charge in [-0.3, -0.25) is 24.1 Å². The third-order valence-electron chi connectivity index (χ3n) is 23.2. The fourth-order valence-corrected chi connectivity index (χ4v) is 20.3. The first-order chi connectivity index (χ1) is 50.7. The molecule has 13 rings (SSSR count). The number of alkyl halides is 3. The molecule has 3 aliphatic heterocycles. The van der Waals surface area contributed by atoms with Crippen molar-refractivity contribution in [2.24, 2.45) is 27.1 Å². The summed E-state index contributed by atoms with van der Waals surface area (Å²) in [5.41, 5.74) is 1.60. The van der Waals surface area contributed by atoms with Crippen LogP contribution >= 0.6 is 23.1 Å². The number of thiazole rings is 1. The maximum atomic E-state index is 14.7. The highest BCUT2D eigenvalue weighted by molar-refractivity contribution is 7.99. The van der Waals surface area contributed by atoms with Crippen molar-refractivity contribution in [3.63, 3.8) is 0 Å². The minimum atomic E-state index is -6.15. The molecule has 0 spiro atoms. The lowest BCUT2D eigenvalue weighted by Gasteiger charge is -2.73. The van der Waals surface area contributed by atoms with Crippen LogP contribution < -0.4 is 30.3 Å². The number of amides is 4. The summed E-state index contributed by atoms with van der Waals surface area (Å²) in [6, 6.07) is 23.5. The number of allylic oxidation sites excluding steroid dienone is 1. The lowest BCUT2D eigenvalue weighted by molar-refractivity contribution is -0.182. The third-order valence-corrected chi connectivity index (χ3v) is 28.2. The van der Waals surface area contributed by atoms with Crippen molar-refractivity contribution >= 4 is 78.0 Å². The number of halogens is 3. The Balaban J connectivity index is 0.632. The van der Waals surface area contributed by atoms with Crippen LogP contribution in [0, 0.1) is 45.3 Å². The Bertz CT molecular complexity index is 4370. The highest BCUT2D eigenvalue weighted by Gasteiger charge is 2.68. The zero-order valence-electron chi connectivity index (χ0n) is 62.4. The molecule has 4 amide bonds. The van der Waals surface area contributed by atoms with E-state index in [-0.39, 0.29) is 25.1 Å². The number of piperazine rings is 2. The number of unbranched alkanes of at least 4 members (excludes halogenated alkanes) is 1. The van der Waals surface area contributed by atoms with Crippen LogP contribution in [-0.4, -0.2) is 191 Å². The quantitative estimate of drug-likeness (QED) is 0.0162. The van der Waals surface area contributed by atoms with E-state index < -0.39 is 99.5 Å². The standard InChI is InChI=1S/C79H102F3N11O10S4/c1-8-76-48-78(49-76,50-76)63-43-75(6,7)26-24-57(63)45-91-35-37-92(38-36-91)59-20-18-54(19-21-59)70(95)88-107(101,102)62-22-23-64(67(42-62)106(99,100)79(80,81)82)86-58(47-104-61-14-10-9-11-15-61)25-30-90-33-31-89(32-34-90)29-12-13-39-103-66-40-55(68-53(2)85-52-105-68)16-17-56(66)44-84-71(96)65-41-60(94)46-93(65)72(97)69(74(3,4)5)87-73(98)77(51-83)27-28-77/h9-11,14-23,40,42,52,58,60,65,69,86,94H,8,12-13,24-39,41,43-50H2,1-7H3,(H,84,96)(H,87,98)(H,88,95)/t58-,60-,65+,69-,76?,78?/m1/s1. The highest BCUT2D eigenvalue weighted by Crippen LogP contribution is 2.79. The minimum absolute atomic E-state index is 0.00126. The number of nitrogens with one attached hydrogen (secondary N) is 4. The molecular weight excluding hydrogens is 1450 g/mol.